The van der Waals surface area contributed by atoms with Crippen molar-refractivity contribution in [3.05, 3.63) is 0 Å². The number of hydrogen-bond acceptors (Lipinski definition) is 3. The zero-order chi connectivity index (χ0) is 12.5. The number of likely N-dealkylation sites (tertiary alicyclic amines) is 1. The number of nitrogens with zero attached hydrogens (tertiary/aromatic N) is 2. The van der Waals surface area contributed by atoms with E-state index in [-0.39, 0.29) is 5.54 Å². The zero-order valence-electron chi connectivity index (χ0n) is 11.4. The Morgan fingerprint density at radius 3 is 2.53 bits per heavy atom. The summed E-state index contributed by atoms with van der Waals surface area (Å²) in [6.45, 7) is 9.83. The highest BCUT2D eigenvalue weighted by atomic mass is 15.2. The summed E-state index contributed by atoms with van der Waals surface area (Å²) < 4.78 is 0. The molecule has 0 aromatic heterocycles. The van der Waals surface area contributed by atoms with Crippen molar-refractivity contribution in [1.29, 1.82) is 5.26 Å². The Bertz CT molecular complexity index is 303. The van der Waals surface area contributed by atoms with E-state index in [1.54, 1.807) is 0 Å². The maximum atomic E-state index is 9.62. The fourth-order valence-corrected chi connectivity index (χ4v) is 3.07. The minimum atomic E-state index is -0.293. The van der Waals surface area contributed by atoms with Gasteiger partial charge in [-0.05, 0) is 51.5 Å². The molecule has 0 spiro atoms. The molecule has 1 N–H and O–H groups in total. The summed E-state index contributed by atoms with van der Waals surface area (Å²) in [5.41, 5.74) is -0.293. The largest absolute Gasteiger partial charge is 0.300 e. The highest BCUT2D eigenvalue weighted by Gasteiger charge is 2.47. The Morgan fingerprint density at radius 2 is 2.12 bits per heavy atom. The lowest BCUT2D eigenvalue weighted by atomic mass is 9.93. The first kappa shape index (κ1) is 12.9. The van der Waals surface area contributed by atoms with Crippen molar-refractivity contribution in [3.63, 3.8) is 0 Å². The number of hydrogen-bond donors (Lipinski definition) is 1. The normalized spacial score (nSPS) is 29.2. The summed E-state index contributed by atoms with van der Waals surface area (Å²) in [5, 5.41) is 13.2. The lowest BCUT2D eigenvalue weighted by molar-refractivity contribution is 0.213. The SMILES string of the molecule is CC1CCN(CC(C#N)(NC(C)C)C2CC2)C1. The van der Waals surface area contributed by atoms with Gasteiger partial charge in [-0.2, -0.15) is 5.26 Å². The van der Waals surface area contributed by atoms with Gasteiger partial charge >= 0.3 is 0 Å². The molecule has 1 heterocycles. The topological polar surface area (TPSA) is 39.1 Å². The lowest BCUT2D eigenvalue weighted by Crippen LogP contribution is -2.56. The second-order valence-corrected chi connectivity index (χ2v) is 6.29. The van der Waals surface area contributed by atoms with Crippen LogP contribution < -0.4 is 5.32 Å². The molecule has 1 aliphatic carbocycles. The first-order valence-electron chi connectivity index (χ1n) is 6.97. The first-order valence-corrected chi connectivity index (χ1v) is 6.97. The van der Waals surface area contributed by atoms with Gasteiger partial charge in [0.1, 0.15) is 5.54 Å². The summed E-state index contributed by atoms with van der Waals surface area (Å²) in [6, 6.07) is 2.98. The molecule has 0 aromatic rings. The molecule has 2 atom stereocenters. The molecule has 96 valence electrons. The van der Waals surface area contributed by atoms with E-state index in [2.05, 4.69) is 37.1 Å². The van der Waals surface area contributed by atoms with E-state index in [1.165, 1.54) is 19.3 Å². The van der Waals surface area contributed by atoms with Crippen LogP contribution in [0.5, 0.6) is 0 Å². The second-order valence-electron chi connectivity index (χ2n) is 6.29. The second kappa shape index (κ2) is 4.96. The molecule has 2 fully saturated rings. The van der Waals surface area contributed by atoms with Gasteiger partial charge in [0.25, 0.3) is 0 Å². The fourth-order valence-electron chi connectivity index (χ4n) is 3.07. The van der Waals surface area contributed by atoms with Crippen molar-refractivity contribution in [2.45, 2.75) is 51.6 Å². The van der Waals surface area contributed by atoms with Gasteiger partial charge in [0.15, 0.2) is 0 Å². The van der Waals surface area contributed by atoms with Crippen LogP contribution in [0.15, 0.2) is 0 Å². The first-order chi connectivity index (χ1) is 8.05. The molecule has 0 aromatic carbocycles. The third kappa shape index (κ3) is 3.00. The van der Waals surface area contributed by atoms with Crippen LogP contribution in [0.1, 0.15) is 40.0 Å². The minimum Gasteiger partial charge on any atom is -0.300 e. The van der Waals surface area contributed by atoms with Crippen molar-refractivity contribution < 1.29 is 0 Å². The summed E-state index contributed by atoms with van der Waals surface area (Å²) in [4.78, 5) is 2.47. The predicted octanol–water partition coefficient (Wildman–Crippen LogP) is 2.00. The van der Waals surface area contributed by atoms with E-state index in [1.807, 2.05) is 0 Å². The maximum absolute atomic E-state index is 9.62. The van der Waals surface area contributed by atoms with E-state index in [0.29, 0.717) is 12.0 Å². The quantitative estimate of drug-likeness (QED) is 0.792. The van der Waals surface area contributed by atoms with Gasteiger partial charge < -0.3 is 4.90 Å². The molecule has 3 nitrogen and oxygen atoms in total. The minimum absolute atomic E-state index is 0.293. The van der Waals surface area contributed by atoms with Crippen LogP contribution in [0.4, 0.5) is 0 Å². The van der Waals surface area contributed by atoms with Crippen LogP contribution in [0.2, 0.25) is 0 Å². The molecule has 1 aliphatic heterocycles. The van der Waals surface area contributed by atoms with Crippen molar-refractivity contribution in [2.75, 3.05) is 19.6 Å². The van der Waals surface area contributed by atoms with Gasteiger partial charge in [-0.1, -0.05) is 6.92 Å². The van der Waals surface area contributed by atoms with Gasteiger partial charge in [0, 0.05) is 19.1 Å². The molecule has 2 rings (SSSR count). The molecule has 2 aliphatic rings. The number of rotatable bonds is 5. The Labute approximate surface area is 105 Å². The van der Waals surface area contributed by atoms with Gasteiger partial charge in [-0.15, -0.1) is 0 Å². The highest BCUT2D eigenvalue weighted by molar-refractivity contribution is 5.17. The van der Waals surface area contributed by atoms with Gasteiger partial charge in [0.05, 0.1) is 6.07 Å². The Kier molecular flexibility index (Phi) is 3.75. The van der Waals surface area contributed by atoms with Crippen LogP contribution in [0.25, 0.3) is 0 Å². The van der Waals surface area contributed by atoms with Gasteiger partial charge in [-0.3, -0.25) is 5.32 Å². The summed E-state index contributed by atoms with van der Waals surface area (Å²) in [6.07, 6.45) is 3.72. The lowest BCUT2D eigenvalue weighted by Gasteiger charge is -2.34. The Morgan fingerprint density at radius 1 is 1.41 bits per heavy atom. The molecule has 0 amide bonds. The van der Waals surface area contributed by atoms with Crippen LogP contribution >= 0.6 is 0 Å². The van der Waals surface area contributed by atoms with Crippen LogP contribution in [0.3, 0.4) is 0 Å². The van der Waals surface area contributed by atoms with Crippen molar-refractivity contribution >= 4 is 0 Å². The van der Waals surface area contributed by atoms with E-state index in [4.69, 9.17) is 0 Å². The van der Waals surface area contributed by atoms with Crippen LogP contribution in [-0.2, 0) is 0 Å². The average Bonchev–Trinajstić information content (AvgIpc) is 3.03. The standard InChI is InChI=1S/C14H25N3/c1-11(2)16-14(9-15,13-4-5-13)10-17-7-6-12(3)8-17/h11-13,16H,4-8,10H2,1-3H3. The molecule has 1 saturated heterocycles. The number of nitrogens with one attached hydrogen (secondary N) is 1. The average molecular weight is 235 g/mol. The monoisotopic (exact) mass is 235 g/mol. The summed E-state index contributed by atoms with van der Waals surface area (Å²) >= 11 is 0. The van der Waals surface area contributed by atoms with Crippen LogP contribution in [0, 0.1) is 23.2 Å². The molecule has 0 bridgehead atoms. The molecule has 1 saturated carbocycles. The molecular formula is C14H25N3. The van der Waals surface area contributed by atoms with E-state index in [9.17, 15) is 5.26 Å². The van der Waals surface area contributed by atoms with E-state index < -0.39 is 0 Å². The van der Waals surface area contributed by atoms with E-state index >= 15 is 0 Å². The van der Waals surface area contributed by atoms with Gasteiger partial charge in [0.2, 0.25) is 0 Å². The summed E-state index contributed by atoms with van der Waals surface area (Å²) in [7, 11) is 0. The third-order valence-electron chi connectivity index (χ3n) is 4.00. The van der Waals surface area contributed by atoms with E-state index in [0.717, 1.165) is 25.6 Å². The maximum Gasteiger partial charge on any atom is 0.122 e. The zero-order valence-corrected chi connectivity index (χ0v) is 11.4. The van der Waals surface area contributed by atoms with Gasteiger partial charge in [-0.25, -0.2) is 0 Å². The Balaban J connectivity index is 2.02. The Hall–Kier alpha value is -0.590. The molecule has 3 heteroatoms. The summed E-state index contributed by atoms with van der Waals surface area (Å²) in [5.74, 6) is 1.37. The van der Waals surface area contributed by atoms with Crippen molar-refractivity contribution in [1.82, 2.24) is 10.2 Å². The molecule has 17 heavy (non-hydrogen) atoms. The van der Waals surface area contributed by atoms with Crippen LogP contribution in [-0.4, -0.2) is 36.1 Å². The fraction of sp³-hybridized carbons (Fsp3) is 0.929. The van der Waals surface area contributed by atoms with Crippen molar-refractivity contribution in [3.8, 4) is 6.07 Å². The molecule has 2 unspecified atom stereocenters. The molecule has 0 radical (unpaired) electrons. The predicted molar refractivity (Wildman–Crippen MR) is 69.6 cm³/mol. The molecular weight excluding hydrogens is 210 g/mol. The number of nitriles is 1. The highest BCUT2D eigenvalue weighted by Crippen LogP contribution is 2.40. The third-order valence-corrected chi connectivity index (χ3v) is 4.00. The van der Waals surface area contributed by atoms with Crippen molar-refractivity contribution in [2.24, 2.45) is 11.8 Å². The smallest absolute Gasteiger partial charge is 0.122 e.